The van der Waals surface area contributed by atoms with Gasteiger partial charge in [0.1, 0.15) is 5.75 Å². The fraction of sp³-hybridized carbons (Fsp3) is 0. The van der Waals surface area contributed by atoms with E-state index in [1.807, 2.05) is 0 Å². The number of rotatable bonds is 1. The Balaban J connectivity index is 3.07. The van der Waals surface area contributed by atoms with E-state index in [9.17, 15) is 14.7 Å². The van der Waals surface area contributed by atoms with Crippen LogP contribution >= 0.6 is 15.9 Å². The van der Waals surface area contributed by atoms with Crippen molar-refractivity contribution >= 4 is 32.8 Å². The molecule has 1 aromatic carbocycles. The number of para-hydroxylation sites is 1. The van der Waals surface area contributed by atoms with Crippen LogP contribution in [-0.2, 0) is 0 Å². The van der Waals surface area contributed by atoms with E-state index in [2.05, 4.69) is 20.9 Å². The maximum atomic E-state index is 11.4. The Morgan fingerprint density at radius 3 is 2.69 bits per heavy atom. The van der Waals surface area contributed by atoms with Crippen LogP contribution in [0.5, 0.6) is 5.75 Å². The van der Waals surface area contributed by atoms with Crippen LogP contribution in [0.1, 0.15) is 10.4 Å². The van der Waals surface area contributed by atoms with Crippen LogP contribution in [0.3, 0.4) is 0 Å². The molecule has 0 aliphatic carbocycles. The zero-order valence-electron chi connectivity index (χ0n) is 7.82. The van der Waals surface area contributed by atoms with Crippen LogP contribution in [0.2, 0.25) is 0 Å². The molecule has 2 aromatic rings. The second-order valence-corrected chi connectivity index (χ2v) is 3.94. The van der Waals surface area contributed by atoms with Crippen molar-refractivity contribution in [2.45, 2.75) is 0 Å². The van der Waals surface area contributed by atoms with Gasteiger partial charge in [-0.2, -0.15) is 0 Å². The van der Waals surface area contributed by atoms with Gasteiger partial charge in [0.15, 0.2) is 0 Å². The molecule has 0 radical (unpaired) electrons. The number of benzene rings is 1. The van der Waals surface area contributed by atoms with Crippen LogP contribution in [0.15, 0.2) is 27.5 Å². The number of hydrogen-bond acceptors (Lipinski definition) is 3. The topological polar surface area (TPSA) is 90.4 Å². The minimum absolute atomic E-state index is 0.0573. The first kappa shape index (κ1) is 10.7. The Labute approximate surface area is 97.5 Å². The second kappa shape index (κ2) is 3.64. The van der Waals surface area contributed by atoms with Gasteiger partial charge in [0.05, 0.1) is 15.6 Å². The second-order valence-electron chi connectivity index (χ2n) is 3.15. The molecule has 3 N–H and O–H groups in total. The molecule has 1 heterocycles. The van der Waals surface area contributed by atoms with E-state index in [0.29, 0.717) is 0 Å². The summed E-state index contributed by atoms with van der Waals surface area (Å²) in [4.78, 5) is 24.9. The number of fused-ring (bicyclic) bond motifs is 1. The number of nitrogens with one attached hydrogen (secondary N) is 1. The molecule has 0 aliphatic heterocycles. The SMILES string of the molecule is O=C(O)c1c(Br)c(=O)[nH]c2c(O)cccc12. The molecule has 0 fully saturated rings. The first-order chi connectivity index (χ1) is 7.52. The van der Waals surface area contributed by atoms with Crippen molar-refractivity contribution in [3.05, 3.63) is 38.6 Å². The van der Waals surface area contributed by atoms with Crippen LogP contribution in [0.4, 0.5) is 0 Å². The summed E-state index contributed by atoms with van der Waals surface area (Å²) in [5.41, 5.74) is -0.630. The highest BCUT2D eigenvalue weighted by molar-refractivity contribution is 9.10. The van der Waals surface area contributed by atoms with Gasteiger partial charge in [-0.1, -0.05) is 12.1 Å². The van der Waals surface area contributed by atoms with Crippen LogP contribution in [0.25, 0.3) is 10.9 Å². The number of aromatic nitrogens is 1. The monoisotopic (exact) mass is 283 g/mol. The smallest absolute Gasteiger partial charge is 0.337 e. The van der Waals surface area contributed by atoms with Crippen LogP contribution in [-0.4, -0.2) is 21.2 Å². The molecule has 0 atom stereocenters. The minimum Gasteiger partial charge on any atom is -0.506 e. The Bertz CT molecular complexity index is 647. The predicted octanol–water partition coefficient (Wildman–Crippen LogP) is 1.69. The summed E-state index contributed by atoms with van der Waals surface area (Å²) >= 11 is 2.92. The highest BCUT2D eigenvalue weighted by Crippen LogP contribution is 2.27. The van der Waals surface area contributed by atoms with Crippen molar-refractivity contribution in [3.8, 4) is 5.75 Å². The summed E-state index contributed by atoms with van der Waals surface area (Å²) in [5, 5.41) is 18.8. The third-order valence-corrected chi connectivity index (χ3v) is 2.94. The fourth-order valence-electron chi connectivity index (χ4n) is 1.49. The first-order valence-electron chi connectivity index (χ1n) is 4.29. The number of hydrogen-bond donors (Lipinski definition) is 3. The largest absolute Gasteiger partial charge is 0.506 e. The van der Waals surface area contributed by atoms with E-state index in [0.717, 1.165) is 0 Å². The number of carbonyl (C=O) groups is 1. The molecule has 0 spiro atoms. The number of phenolic OH excluding ortho intramolecular Hbond substituents is 1. The fourth-order valence-corrected chi connectivity index (χ4v) is 1.97. The van der Waals surface area contributed by atoms with Crippen molar-refractivity contribution in [2.75, 3.05) is 0 Å². The van der Waals surface area contributed by atoms with Gasteiger partial charge in [0, 0.05) is 5.39 Å². The van der Waals surface area contributed by atoms with E-state index in [4.69, 9.17) is 5.11 Å². The molecule has 5 nitrogen and oxygen atoms in total. The highest BCUT2D eigenvalue weighted by Gasteiger charge is 2.17. The number of phenols is 1. The molecule has 0 unspecified atom stereocenters. The molecule has 0 saturated carbocycles. The lowest BCUT2D eigenvalue weighted by Crippen LogP contribution is -2.13. The number of H-pyrrole nitrogens is 1. The van der Waals surface area contributed by atoms with E-state index < -0.39 is 11.5 Å². The van der Waals surface area contributed by atoms with Gasteiger partial charge in [-0.15, -0.1) is 0 Å². The molecule has 6 heteroatoms. The third-order valence-electron chi connectivity index (χ3n) is 2.18. The van der Waals surface area contributed by atoms with E-state index in [1.54, 1.807) is 0 Å². The van der Waals surface area contributed by atoms with E-state index in [-0.39, 0.29) is 26.7 Å². The summed E-state index contributed by atoms with van der Waals surface area (Å²) in [5.74, 6) is -1.39. The Morgan fingerprint density at radius 2 is 2.06 bits per heavy atom. The number of aromatic hydroxyl groups is 1. The van der Waals surface area contributed by atoms with Gasteiger partial charge >= 0.3 is 5.97 Å². The zero-order chi connectivity index (χ0) is 11.9. The van der Waals surface area contributed by atoms with Gasteiger partial charge in [-0.05, 0) is 22.0 Å². The number of carboxylic acid groups (broad SMARTS) is 1. The van der Waals surface area contributed by atoms with Crippen molar-refractivity contribution < 1.29 is 15.0 Å². The van der Waals surface area contributed by atoms with Crippen molar-refractivity contribution in [3.63, 3.8) is 0 Å². The standard InChI is InChI=1S/C10H6BrNO4/c11-7-6(10(15)16)4-2-1-3-5(13)8(4)12-9(7)14/h1-3,13H,(H,12,14)(H,15,16). The van der Waals surface area contributed by atoms with Crippen LogP contribution < -0.4 is 5.56 Å². The maximum Gasteiger partial charge on any atom is 0.337 e. The molecular formula is C10H6BrNO4. The lowest BCUT2D eigenvalue weighted by molar-refractivity contribution is 0.0698. The van der Waals surface area contributed by atoms with Gasteiger partial charge in [0.2, 0.25) is 0 Å². The molecule has 82 valence electrons. The molecule has 0 bridgehead atoms. The Kier molecular flexibility index (Phi) is 2.43. The third kappa shape index (κ3) is 1.47. The number of aromatic carboxylic acids is 1. The van der Waals surface area contributed by atoms with Gasteiger partial charge in [-0.25, -0.2) is 4.79 Å². The molecule has 1 aromatic heterocycles. The molecule has 0 amide bonds. The lowest BCUT2D eigenvalue weighted by Gasteiger charge is -2.05. The van der Waals surface area contributed by atoms with Gasteiger partial charge in [-0.3, -0.25) is 4.79 Å². The zero-order valence-corrected chi connectivity index (χ0v) is 9.41. The molecule has 2 rings (SSSR count). The van der Waals surface area contributed by atoms with Crippen molar-refractivity contribution in [2.24, 2.45) is 0 Å². The van der Waals surface area contributed by atoms with Gasteiger partial charge < -0.3 is 15.2 Å². The summed E-state index contributed by atoms with van der Waals surface area (Å²) in [6.07, 6.45) is 0. The number of pyridine rings is 1. The Hall–Kier alpha value is -1.82. The van der Waals surface area contributed by atoms with E-state index >= 15 is 0 Å². The molecule has 0 saturated heterocycles. The quantitative estimate of drug-likeness (QED) is 0.743. The predicted molar refractivity (Wildman–Crippen MR) is 60.9 cm³/mol. The number of aromatic amines is 1. The van der Waals surface area contributed by atoms with Crippen molar-refractivity contribution in [1.29, 1.82) is 0 Å². The molecule has 0 aliphatic rings. The van der Waals surface area contributed by atoms with E-state index in [1.165, 1.54) is 18.2 Å². The first-order valence-corrected chi connectivity index (χ1v) is 5.08. The van der Waals surface area contributed by atoms with Crippen molar-refractivity contribution in [1.82, 2.24) is 4.98 Å². The lowest BCUT2D eigenvalue weighted by atomic mass is 10.1. The number of carboxylic acids is 1. The van der Waals surface area contributed by atoms with Crippen LogP contribution in [0, 0.1) is 0 Å². The summed E-state index contributed by atoms with van der Waals surface area (Å²) in [6.45, 7) is 0. The molecular weight excluding hydrogens is 278 g/mol. The minimum atomic E-state index is -1.23. The summed E-state index contributed by atoms with van der Waals surface area (Å²) in [6, 6.07) is 4.39. The number of halogens is 1. The van der Waals surface area contributed by atoms with Gasteiger partial charge in [0.25, 0.3) is 5.56 Å². The summed E-state index contributed by atoms with van der Waals surface area (Å²) < 4.78 is -0.0573. The average molecular weight is 284 g/mol. The normalized spacial score (nSPS) is 10.6. The Morgan fingerprint density at radius 1 is 1.38 bits per heavy atom. The maximum absolute atomic E-state index is 11.4. The highest BCUT2D eigenvalue weighted by atomic mass is 79.9. The molecule has 16 heavy (non-hydrogen) atoms. The summed E-state index contributed by atoms with van der Waals surface area (Å²) in [7, 11) is 0. The average Bonchev–Trinajstić information content (AvgIpc) is 2.21.